The molecule has 0 spiro atoms. The Morgan fingerprint density at radius 1 is 0.467 bits per heavy atom. The summed E-state index contributed by atoms with van der Waals surface area (Å²) in [6, 6.07) is 0. The number of rotatable bonds is 18. The van der Waals surface area contributed by atoms with Crippen molar-refractivity contribution in [2.24, 2.45) is 0 Å². The van der Waals surface area contributed by atoms with Gasteiger partial charge < -0.3 is 10.2 Å². The molecule has 0 aromatic heterocycles. The van der Waals surface area contributed by atoms with Crippen LogP contribution in [-0.4, -0.2) is 10.2 Å². The zero-order valence-corrected chi connectivity index (χ0v) is 23.7. The second-order valence-electron chi connectivity index (χ2n) is 8.73. The van der Waals surface area contributed by atoms with Crippen LogP contribution in [0.4, 0.5) is 0 Å². The van der Waals surface area contributed by atoms with E-state index in [0.29, 0.717) is 0 Å². The molecule has 2 N–H and O–H groups in total. The molecule has 1 aromatic rings. The van der Waals surface area contributed by atoms with Crippen molar-refractivity contribution in [2.75, 3.05) is 0 Å². The Bertz CT molecular complexity index is 536. The highest BCUT2D eigenvalue weighted by Gasteiger charge is 2.20. The van der Waals surface area contributed by atoms with E-state index in [2.05, 4.69) is 59.0 Å². The quantitative estimate of drug-likeness (QED) is 0.0952. The molecule has 4 heteroatoms. The number of unbranched alkanes of at least 4 members (excludes halogenated alkanes) is 14. The molecule has 0 saturated carbocycles. The van der Waals surface area contributed by atoms with Crippen LogP contribution < -0.4 is 0 Å². The van der Waals surface area contributed by atoms with Crippen LogP contribution in [-0.2, 0) is 12.8 Å². The number of benzene rings is 1. The molecule has 0 atom stereocenters. The van der Waals surface area contributed by atoms with E-state index in [9.17, 15) is 10.2 Å². The molecule has 1 rings (SSSR count). The second kappa shape index (κ2) is 17.8. The minimum atomic E-state index is 0.0780. The van der Waals surface area contributed by atoms with Crippen molar-refractivity contribution in [1.82, 2.24) is 0 Å². The van der Waals surface area contributed by atoms with Gasteiger partial charge in [-0.15, -0.1) is 0 Å². The van der Waals surface area contributed by atoms with E-state index in [-0.39, 0.29) is 11.5 Å². The summed E-state index contributed by atoms with van der Waals surface area (Å²) in [5, 5.41) is 21.0. The van der Waals surface area contributed by atoms with Gasteiger partial charge in [0, 0.05) is 9.13 Å². The Balaban J connectivity index is 2.52. The van der Waals surface area contributed by atoms with Gasteiger partial charge >= 0.3 is 0 Å². The van der Waals surface area contributed by atoms with E-state index in [1.165, 1.54) is 102 Å². The lowest BCUT2D eigenvalue weighted by Gasteiger charge is -2.17. The fraction of sp³-hybridized carbons (Fsp3) is 0.769. The lowest BCUT2D eigenvalue weighted by atomic mass is 9.95. The molecule has 0 amide bonds. The van der Waals surface area contributed by atoms with E-state index in [0.717, 1.165) is 32.0 Å². The van der Waals surface area contributed by atoms with Crippen LogP contribution in [0.3, 0.4) is 0 Å². The first-order valence-corrected chi connectivity index (χ1v) is 14.6. The molecule has 0 aliphatic rings. The molecule has 0 unspecified atom stereocenters. The SMILES string of the molecule is CCCCCCCCCCc1c(O)c(O)c(I)c(I)c1CCCCCCCCCC. The highest BCUT2D eigenvalue weighted by molar-refractivity contribution is 14.1. The lowest BCUT2D eigenvalue weighted by Crippen LogP contribution is -2.02. The smallest absolute Gasteiger partial charge is 0.172 e. The zero-order valence-electron chi connectivity index (χ0n) is 19.4. The molecule has 0 heterocycles. The third kappa shape index (κ3) is 10.7. The van der Waals surface area contributed by atoms with Crippen LogP contribution in [0, 0.1) is 7.14 Å². The maximum absolute atomic E-state index is 10.6. The van der Waals surface area contributed by atoms with Crippen molar-refractivity contribution in [3.63, 3.8) is 0 Å². The summed E-state index contributed by atoms with van der Waals surface area (Å²) < 4.78 is 1.95. The minimum Gasteiger partial charge on any atom is -0.504 e. The number of halogens is 2. The first-order valence-electron chi connectivity index (χ1n) is 12.4. The van der Waals surface area contributed by atoms with Crippen LogP contribution >= 0.6 is 45.2 Å². The van der Waals surface area contributed by atoms with Gasteiger partial charge in [-0.05, 0) is 76.4 Å². The summed E-state index contributed by atoms with van der Waals surface area (Å²) >= 11 is 4.54. The molecule has 0 aliphatic heterocycles. The van der Waals surface area contributed by atoms with Gasteiger partial charge in [-0.1, -0.05) is 104 Å². The summed E-state index contributed by atoms with van der Waals surface area (Å²) in [5.74, 6) is 0.214. The number of hydrogen-bond acceptors (Lipinski definition) is 2. The van der Waals surface area contributed by atoms with Gasteiger partial charge in [-0.2, -0.15) is 0 Å². The second-order valence-corrected chi connectivity index (χ2v) is 10.9. The fourth-order valence-electron chi connectivity index (χ4n) is 4.16. The van der Waals surface area contributed by atoms with Gasteiger partial charge in [0.25, 0.3) is 0 Å². The van der Waals surface area contributed by atoms with Crippen molar-refractivity contribution >= 4 is 45.2 Å². The molecular weight excluding hydrogens is 598 g/mol. The Morgan fingerprint density at radius 3 is 1.27 bits per heavy atom. The van der Waals surface area contributed by atoms with Gasteiger partial charge in [-0.25, -0.2) is 0 Å². The predicted octanol–water partition coefficient (Wildman–Crippen LogP) is 9.67. The lowest BCUT2D eigenvalue weighted by molar-refractivity contribution is 0.394. The topological polar surface area (TPSA) is 40.5 Å². The van der Waals surface area contributed by atoms with Crippen molar-refractivity contribution in [2.45, 2.75) is 129 Å². The molecular formula is C26H44I2O2. The third-order valence-corrected chi connectivity index (χ3v) is 9.37. The molecule has 0 bridgehead atoms. The van der Waals surface area contributed by atoms with Crippen LogP contribution in [0.15, 0.2) is 0 Å². The zero-order chi connectivity index (χ0) is 22.2. The van der Waals surface area contributed by atoms with Crippen molar-refractivity contribution < 1.29 is 10.2 Å². The maximum Gasteiger partial charge on any atom is 0.172 e. The number of aromatic hydroxyl groups is 2. The number of phenols is 2. The van der Waals surface area contributed by atoms with Gasteiger partial charge in [-0.3, -0.25) is 0 Å². The number of phenolic OH excluding ortho intramolecular Hbond substituents is 2. The van der Waals surface area contributed by atoms with E-state index in [1.54, 1.807) is 0 Å². The van der Waals surface area contributed by atoms with Crippen LogP contribution in [0.2, 0.25) is 0 Å². The fourth-order valence-corrected chi connectivity index (χ4v) is 5.59. The Kier molecular flexibility index (Phi) is 16.8. The maximum atomic E-state index is 10.6. The van der Waals surface area contributed by atoms with Crippen molar-refractivity contribution in [3.05, 3.63) is 18.3 Å². The largest absolute Gasteiger partial charge is 0.504 e. The summed E-state index contributed by atoms with van der Waals surface area (Å²) in [6.45, 7) is 4.52. The summed E-state index contributed by atoms with van der Waals surface area (Å²) in [4.78, 5) is 0. The molecule has 0 saturated heterocycles. The molecule has 0 aliphatic carbocycles. The normalized spacial score (nSPS) is 11.3. The van der Waals surface area contributed by atoms with E-state index in [4.69, 9.17) is 0 Å². The van der Waals surface area contributed by atoms with Gasteiger partial charge in [0.2, 0.25) is 0 Å². The van der Waals surface area contributed by atoms with Crippen LogP contribution in [0.1, 0.15) is 128 Å². The van der Waals surface area contributed by atoms with Gasteiger partial charge in [0.1, 0.15) is 0 Å². The van der Waals surface area contributed by atoms with E-state index < -0.39 is 0 Å². The monoisotopic (exact) mass is 642 g/mol. The van der Waals surface area contributed by atoms with Gasteiger partial charge in [0.15, 0.2) is 11.5 Å². The standard InChI is InChI=1S/C26H44I2O2/c1-3-5-7-9-11-13-15-17-19-21-22(25(29)26(30)24(28)23(21)27)20-18-16-14-12-10-8-6-4-2/h29-30H,3-20H2,1-2H3. The van der Waals surface area contributed by atoms with Crippen LogP contribution in [0.25, 0.3) is 0 Å². The molecule has 0 radical (unpaired) electrons. The average molecular weight is 642 g/mol. The van der Waals surface area contributed by atoms with Crippen molar-refractivity contribution in [3.8, 4) is 11.5 Å². The first-order chi connectivity index (χ1) is 14.5. The molecule has 2 nitrogen and oxygen atoms in total. The molecule has 1 aromatic carbocycles. The van der Waals surface area contributed by atoms with Crippen LogP contribution in [0.5, 0.6) is 11.5 Å². The van der Waals surface area contributed by atoms with E-state index >= 15 is 0 Å². The van der Waals surface area contributed by atoms with E-state index in [1.807, 2.05) is 0 Å². The Hall–Kier alpha value is 0.280. The molecule has 30 heavy (non-hydrogen) atoms. The number of hydrogen-bond donors (Lipinski definition) is 2. The highest BCUT2D eigenvalue weighted by atomic mass is 127. The summed E-state index contributed by atoms with van der Waals surface area (Å²) in [5.41, 5.74) is 2.29. The molecule has 0 fully saturated rings. The predicted molar refractivity (Wildman–Crippen MR) is 148 cm³/mol. The Morgan fingerprint density at radius 2 is 0.833 bits per heavy atom. The minimum absolute atomic E-state index is 0.0780. The van der Waals surface area contributed by atoms with Gasteiger partial charge in [0.05, 0.1) is 3.57 Å². The van der Waals surface area contributed by atoms with Crippen molar-refractivity contribution in [1.29, 1.82) is 0 Å². The average Bonchev–Trinajstić information content (AvgIpc) is 2.75. The highest BCUT2D eigenvalue weighted by Crippen LogP contribution is 2.41. The molecule has 174 valence electrons. The Labute approximate surface area is 213 Å². The summed E-state index contributed by atoms with van der Waals surface area (Å²) in [6.07, 6.45) is 22.7. The third-order valence-electron chi connectivity index (χ3n) is 6.10. The first kappa shape index (κ1) is 28.3. The summed E-state index contributed by atoms with van der Waals surface area (Å²) in [7, 11) is 0.